The Balaban J connectivity index is 0.000000336. The summed E-state index contributed by atoms with van der Waals surface area (Å²) in [5.74, 6) is 0.945. The third-order valence-corrected chi connectivity index (χ3v) is 8.79. The van der Waals surface area contributed by atoms with E-state index in [-0.39, 0.29) is 23.8 Å². The van der Waals surface area contributed by atoms with E-state index in [9.17, 15) is 9.59 Å². The molecule has 42 heavy (non-hydrogen) atoms. The fourth-order valence-electron chi connectivity index (χ4n) is 6.36. The topological polar surface area (TPSA) is 110 Å². The van der Waals surface area contributed by atoms with Crippen molar-refractivity contribution in [2.45, 2.75) is 51.0 Å². The molecule has 0 aliphatic carbocycles. The molecule has 0 spiro atoms. The number of methoxy groups -OCH3 is 2. The lowest BCUT2D eigenvalue weighted by Gasteiger charge is -2.40. The number of amides is 1. The number of aliphatic carboxylic acids is 1. The van der Waals surface area contributed by atoms with Crippen molar-refractivity contribution in [1.29, 1.82) is 0 Å². The molecule has 3 aliphatic heterocycles. The number of fused-ring (bicyclic) bond motifs is 2. The molecule has 226 valence electrons. The number of aromatic nitrogens is 1. The minimum atomic E-state index is -0.682. The molecule has 2 fully saturated rings. The number of ether oxygens (including phenoxy) is 4. The van der Waals surface area contributed by atoms with E-state index >= 15 is 0 Å². The Kier molecular flexibility index (Phi) is 10.0. The zero-order valence-corrected chi connectivity index (χ0v) is 24.6. The average molecular weight is 579 g/mol. The summed E-state index contributed by atoms with van der Waals surface area (Å²) in [6.07, 6.45) is 7.65. The maximum atomic E-state index is 13.6. The van der Waals surface area contributed by atoms with Crippen LogP contribution < -0.4 is 9.47 Å². The summed E-state index contributed by atoms with van der Waals surface area (Å²) in [6, 6.07) is 12.6. The molecule has 0 radical (unpaired) electrons. The lowest BCUT2D eigenvalue weighted by molar-refractivity contribution is -0.144. The summed E-state index contributed by atoms with van der Waals surface area (Å²) in [7, 11) is 3.33. The summed E-state index contributed by atoms with van der Waals surface area (Å²) in [4.78, 5) is 29.4. The van der Waals surface area contributed by atoms with Gasteiger partial charge in [-0.1, -0.05) is 18.2 Å². The van der Waals surface area contributed by atoms with Gasteiger partial charge in [0.25, 0.3) is 0 Å². The Morgan fingerprint density at radius 3 is 2.24 bits per heavy atom. The number of nitrogens with one attached hydrogen (secondary N) is 1. The van der Waals surface area contributed by atoms with Crippen LogP contribution in [0.2, 0.25) is 0 Å². The number of nitrogens with zero attached hydrogens (tertiary/aromatic N) is 1. The lowest BCUT2D eigenvalue weighted by Crippen LogP contribution is -2.44. The van der Waals surface area contributed by atoms with E-state index in [1.807, 2.05) is 6.07 Å². The molecule has 4 heterocycles. The van der Waals surface area contributed by atoms with Crippen molar-refractivity contribution in [2.75, 3.05) is 47.2 Å². The molecule has 1 unspecified atom stereocenters. The van der Waals surface area contributed by atoms with Gasteiger partial charge in [0.2, 0.25) is 5.91 Å². The first kappa shape index (κ1) is 29.9. The Morgan fingerprint density at radius 2 is 1.60 bits per heavy atom. The van der Waals surface area contributed by atoms with E-state index < -0.39 is 5.97 Å². The maximum Gasteiger partial charge on any atom is 0.306 e. The van der Waals surface area contributed by atoms with Crippen molar-refractivity contribution >= 4 is 22.8 Å². The summed E-state index contributed by atoms with van der Waals surface area (Å²) >= 11 is 0. The van der Waals surface area contributed by atoms with E-state index in [4.69, 9.17) is 24.1 Å². The van der Waals surface area contributed by atoms with Gasteiger partial charge in [-0.15, -0.1) is 0 Å². The van der Waals surface area contributed by atoms with E-state index in [2.05, 4.69) is 46.4 Å². The van der Waals surface area contributed by atoms with Crippen LogP contribution in [-0.2, 0) is 31.9 Å². The van der Waals surface area contributed by atoms with Crippen LogP contribution in [0.15, 0.2) is 42.6 Å². The van der Waals surface area contributed by atoms with E-state index in [0.717, 1.165) is 49.9 Å². The zero-order valence-electron chi connectivity index (χ0n) is 24.6. The van der Waals surface area contributed by atoms with Crippen molar-refractivity contribution in [3.63, 3.8) is 0 Å². The van der Waals surface area contributed by atoms with E-state index in [0.29, 0.717) is 45.0 Å². The van der Waals surface area contributed by atoms with Gasteiger partial charge < -0.3 is 33.9 Å². The van der Waals surface area contributed by atoms with Crippen molar-refractivity contribution in [3.05, 3.63) is 59.3 Å². The highest BCUT2D eigenvalue weighted by Gasteiger charge is 2.35. The van der Waals surface area contributed by atoms with Gasteiger partial charge in [-0.3, -0.25) is 9.59 Å². The van der Waals surface area contributed by atoms with Crippen LogP contribution in [0.4, 0.5) is 0 Å². The summed E-state index contributed by atoms with van der Waals surface area (Å²) in [5, 5.41) is 9.74. The number of aryl methyl sites for hydroxylation is 1. The third-order valence-electron chi connectivity index (χ3n) is 8.79. The predicted molar refractivity (Wildman–Crippen MR) is 159 cm³/mol. The van der Waals surface area contributed by atoms with Crippen molar-refractivity contribution in [3.8, 4) is 11.5 Å². The Hall–Kier alpha value is -3.56. The molecule has 3 aromatic rings. The number of carbonyl (C=O) groups is 2. The SMILES string of the molecule is COc1cc2c(cc1OC)C(CCc1c[nH]c3ccccc13)N(C(=O)C1CCOCC1)CC2.O=C(O)C1CCOCC1. The van der Waals surface area contributed by atoms with E-state index in [1.54, 1.807) is 14.2 Å². The van der Waals surface area contributed by atoms with Gasteiger partial charge in [-0.05, 0) is 79.8 Å². The molecular formula is C33H42N2O7. The highest BCUT2D eigenvalue weighted by Crippen LogP contribution is 2.41. The predicted octanol–water partition coefficient (Wildman–Crippen LogP) is 5.17. The second-order valence-corrected chi connectivity index (χ2v) is 11.2. The van der Waals surface area contributed by atoms with Gasteiger partial charge in [0.1, 0.15) is 0 Å². The van der Waals surface area contributed by atoms with Gasteiger partial charge in [0.15, 0.2) is 11.5 Å². The lowest BCUT2D eigenvalue weighted by atomic mass is 9.86. The number of H-pyrrole nitrogens is 1. The molecule has 2 aromatic carbocycles. The standard InChI is InChI=1S/C27H32N2O4.C6H10O3/c1-31-25-15-19-9-12-29(27(30)18-10-13-33-14-11-18)24(22(19)16-26(25)32-2)8-7-20-17-28-23-6-4-3-5-21(20)23;7-6(8)5-1-3-9-4-2-5/h3-6,15-18,24,28H,7-14H2,1-2H3;5H,1-4H2,(H,7,8). The summed E-state index contributed by atoms with van der Waals surface area (Å²) in [6.45, 7) is 3.29. The zero-order chi connectivity index (χ0) is 29.5. The number of carbonyl (C=O) groups excluding carboxylic acids is 1. The fraction of sp³-hybridized carbons (Fsp3) is 0.515. The average Bonchev–Trinajstić information content (AvgIpc) is 3.46. The van der Waals surface area contributed by atoms with Gasteiger partial charge >= 0.3 is 5.97 Å². The van der Waals surface area contributed by atoms with Crippen LogP contribution in [-0.4, -0.2) is 74.1 Å². The van der Waals surface area contributed by atoms with Crippen LogP contribution in [0.1, 0.15) is 54.8 Å². The minimum absolute atomic E-state index is 0.0116. The number of aromatic amines is 1. The van der Waals surface area contributed by atoms with Crippen LogP contribution in [0.3, 0.4) is 0 Å². The number of hydrogen-bond acceptors (Lipinski definition) is 6. The summed E-state index contributed by atoms with van der Waals surface area (Å²) in [5.41, 5.74) is 4.86. The molecule has 1 amide bonds. The molecule has 1 atom stereocenters. The first-order valence-corrected chi connectivity index (χ1v) is 15.0. The highest BCUT2D eigenvalue weighted by atomic mass is 16.5. The normalized spacial score (nSPS) is 19.5. The van der Waals surface area contributed by atoms with Crippen molar-refractivity contribution < 1.29 is 33.6 Å². The van der Waals surface area contributed by atoms with Gasteiger partial charge in [-0.2, -0.15) is 0 Å². The largest absolute Gasteiger partial charge is 0.493 e. The molecule has 6 rings (SSSR count). The molecule has 2 saturated heterocycles. The monoisotopic (exact) mass is 578 g/mol. The quantitative estimate of drug-likeness (QED) is 0.398. The van der Waals surface area contributed by atoms with Crippen LogP contribution in [0, 0.1) is 11.8 Å². The number of carboxylic acid groups (broad SMARTS) is 1. The number of rotatable bonds is 7. The molecular weight excluding hydrogens is 536 g/mol. The number of para-hydroxylation sites is 1. The number of hydrogen-bond donors (Lipinski definition) is 2. The van der Waals surface area contributed by atoms with Gasteiger partial charge in [0.05, 0.1) is 26.2 Å². The highest BCUT2D eigenvalue weighted by molar-refractivity contribution is 5.83. The number of carboxylic acids is 1. The molecule has 1 aromatic heterocycles. The van der Waals surface area contributed by atoms with Crippen LogP contribution >= 0.6 is 0 Å². The molecule has 0 bridgehead atoms. The maximum absolute atomic E-state index is 13.6. The second-order valence-electron chi connectivity index (χ2n) is 11.2. The van der Waals surface area contributed by atoms with Crippen molar-refractivity contribution in [2.24, 2.45) is 11.8 Å². The first-order chi connectivity index (χ1) is 20.5. The van der Waals surface area contributed by atoms with Crippen LogP contribution in [0.25, 0.3) is 10.9 Å². The first-order valence-electron chi connectivity index (χ1n) is 15.0. The Morgan fingerprint density at radius 1 is 0.952 bits per heavy atom. The Bertz CT molecular complexity index is 1360. The van der Waals surface area contributed by atoms with Crippen LogP contribution in [0.5, 0.6) is 11.5 Å². The van der Waals surface area contributed by atoms with Gasteiger partial charge in [-0.25, -0.2) is 0 Å². The molecule has 9 heteroatoms. The van der Waals surface area contributed by atoms with Gasteiger partial charge in [0, 0.05) is 56.0 Å². The smallest absolute Gasteiger partial charge is 0.306 e. The second kappa shape index (κ2) is 14.1. The van der Waals surface area contributed by atoms with E-state index in [1.165, 1.54) is 22.1 Å². The Labute approximate surface area is 247 Å². The number of benzene rings is 2. The fourth-order valence-corrected chi connectivity index (χ4v) is 6.36. The molecule has 0 saturated carbocycles. The molecule has 9 nitrogen and oxygen atoms in total. The molecule has 2 N–H and O–H groups in total. The van der Waals surface area contributed by atoms with Crippen molar-refractivity contribution in [1.82, 2.24) is 9.88 Å². The molecule has 3 aliphatic rings. The summed E-state index contributed by atoms with van der Waals surface area (Å²) < 4.78 is 21.7. The third kappa shape index (κ3) is 6.73. The minimum Gasteiger partial charge on any atom is -0.493 e.